The monoisotopic (exact) mass is 301 g/mol. The van der Waals surface area contributed by atoms with Gasteiger partial charge in [0.15, 0.2) is 11.8 Å². The van der Waals surface area contributed by atoms with Gasteiger partial charge in [0.25, 0.3) is 5.91 Å². The molecule has 2 atom stereocenters. The minimum atomic E-state index is -1.35. The van der Waals surface area contributed by atoms with Crippen LogP contribution in [0.5, 0.6) is 0 Å². The Hall–Kier alpha value is -2.45. The molecular formula is C12H19N3O6. The van der Waals surface area contributed by atoms with E-state index in [4.69, 9.17) is 5.11 Å². The van der Waals surface area contributed by atoms with Crippen LogP contribution >= 0.6 is 0 Å². The van der Waals surface area contributed by atoms with Gasteiger partial charge in [0.1, 0.15) is 0 Å². The van der Waals surface area contributed by atoms with Gasteiger partial charge in [0.05, 0.1) is 13.0 Å². The van der Waals surface area contributed by atoms with Gasteiger partial charge in [0.2, 0.25) is 11.8 Å². The summed E-state index contributed by atoms with van der Waals surface area (Å²) in [4.78, 5) is 55.7. The van der Waals surface area contributed by atoms with Gasteiger partial charge in [-0.3, -0.25) is 24.0 Å². The highest BCUT2D eigenvalue weighted by atomic mass is 16.4. The highest BCUT2D eigenvalue weighted by Crippen LogP contribution is 1.90. The number of carboxylic acid groups (broad SMARTS) is 1. The van der Waals surface area contributed by atoms with Crippen LogP contribution in [0, 0.1) is 0 Å². The molecular weight excluding hydrogens is 282 g/mol. The van der Waals surface area contributed by atoms with Crippen LogP contribution in [0.1, 0.15) is 27.2 Å². The first-order valence-corrected chi connectivity index (χ1v) is 6.20. The summed E-state index contributed by atoms with van der Waals surface area (Å²) in [6, 6.07) is -1.95. The Kier molecular flexibility index (Phi) is 7.66. The number of rotatable bonds is 8. The lowest BCUT2D eigenvalue weighted by molar-refractivity contribution is -0.138. The third-order valence-corrected chi connectivity index (χ3v) is 2.33. The fraction of sp³-hybridized carbons (Fsp3) is 0.583. The highest BCUT2D eigenvalue weighted by molar-refractivity contribution is 6.07. The molecule has 0 saturated heterocycles. The number of Topliss-reactive ketones (excluding diaryl/α,β-unsaturated/α-hetero) is 1. The number of aliphatic carboxylic acids is 1. The van der Waals surface area contributed by atoms with Crippen molar-refractivity contribution in [2.75, 3.05) is 6.54 Å². The van der Waals surface area contributed by atoms with E-state index < -0.39 is 48.1 Å². The SMILES string of the molecule is CC(=O)NC(C(C)=O)C(=O)NCC(=O)NC(C)CC(=O)O. The van der Waals surface area contributed by atoms with Crippen molar-refractivity contribution in [2.24, 2.45) is 0 Å². The molecule has 9 nitrogen and oxygen atoms in total. The van der Waals surface area contributed by atoms with E-state index in [9.17, 15) is 24.0 Å². The Balaban J connectivity index is 4.32. The number of hydrogen-bond donors (Lipinski definition) is 4. The van der Waals surface area contributed by atoms with Crippen LogP contribution in [0.4, 0.5) is 0 Å². The Bertz CT molecular complexity index is 448. The van der Waals surface area contributed by atoms with E-state index in [2.05, 4.69) is 16.0 Å². The quantitative estimate of drug-likeness (QED) is 0.389. The molecule has 0 aromatic carbocycles. The molecule has 0 aliphatic carbocycles. The van der Waals surface area contributed by atoms with Crippen LogP contribution in [0.2, 0.25) is 0 Å². The normalized spacial score (nSPS) is 12.7. The van der Waals surface area contributed by atoms with Crippen molar-refractivity contribution in [3.05, 3.63) is 0 Å². The second-order valence-electron chi connectivity index (χ2n) is 4.53. The Morgan fingerprint density at radius 2 is 1.62 bits per heavy atom. The van der Waals surface area contributed by atoms with Crippen LogP contribution in [-0.4, -0.2) is 53.2 Å². The molecule has 3 amide bonds. The fourth-order valence-corrected chi connectivity index (χ4v) is 1.46. The zero-order valence-electron chi connectivity index (χ0n) is 12.1. The first-order chi connectivity index (χ1) is 9.63. The maximum atomic E-state index is 11.7. The van der Waals surface area contributed by atoms with Crippen molar-refractivity contribution < 1.29 is 29.1 Å². The van der Waals surface area contributed by atoms with Gasteiger partial charge < -0.3 is 21.1 Å². The predicted molar refractivity (Wildman–Crippen MR) is 71.2 cm³/mol. The van der Waals surface area contributed by atoms with Gasteiger partial charge in [-0.25, -0.2) is 0 Å². The molecule has 0 bridgehead atoms. The molecule has 9 heteroatoms. The zero-order chi connectivity index (χ0) is 16.6. The molecule has 0 fully saturated rings. The molecule has 0 aliphatic heterocycles. The average molecular weight is 301 g/mol. The summed E-state index contributed by atoms with van der Waals surface area (Å²) in [5, 5.41) is 15.3. The van der Waals surface area contributed by atoms with E-state index in [0.29, 0.717) is 0 Å². The van der Waals surface area contributed by atoms with Crippen molar-refractivity contribution in [3.63, 3.8) is 0 Å². The van der Waals surface area contributed by atoms with E-state index in [1.54, 1.807) is 0 Å². The van der Waals surface area contributed by atoms with Crippen LogP contribution in [0.15, 0.2) is 0 Å². The lowest BCUT2D eigenvalue weighted by Gasteiger charge is -2.15. The molecule has 2 unspecified atom stereocenters. The topological polar surface area (TPSA) is 142 Å². The summed E-state index contributed by atoms with van der Waals surface area (Å²) in [6.45, 7) is 3.37. The van der Waals surface area contributed by atoms with Crippen LogP contribution in [-0.2, 0) is 24.0 Å². The van der Waals surface area contributed by atoms with Gasteiger partial charge in [-0.2, -0.15) is 0 Å². The van der Waals surface area contributed by atoms with Gasteiger partial charge in [-0.05, 0) is 13.8 Å². The van der Waals surface area contributed by atoms with Crippen molar-refractivity contribution >= 4 is 29.5 Å². The average Bonchev–Trinajstić information content (AvgIpc) is 2.31. The lowest BCUT2D eigenvalue weighted by atomic mass is 10.2. The van der Waals surface area contributed by atoms with E-state index in [0.717, 1.165) is 13.8 Å². The van der Waals surface area contributed by atoms with E-state index in [-0.39, 0.29) is 6.42 Å². The molecule has 0 rings (SSSR count). The Morgan fingerprint density at radius 1 is 1.05 bits per heavy atom. The minimum Gasteiger partial charge on any atom is -0.481 e. The smallest absolute Gasteiger partial charge is 0.305 e. The Labute approximate surface area is 121 Å². The summed E-state index contributed by atoms with van der Waals surface area (Å²) >= 11 is 0. The second-order valence-corrected chi connectivity index (χ2v) is 4.53. The first kappa shape index (κ1) is 18.6. The number of carbonyl (C=O) groups is 5. The van der Waals surface area contributed by atoms with Crippen LogP contribution in [0.25, 0.3) is 0 Å². The third-order valence-electron chi connectivity index (χ3n) is 2.33. The molecule has 0 heterocycles. The number of hydrogen-bond acceptors (Lipinski definition) is 5. The van der Waals surface area contributed by atoms with Gasteiger partial charge in [-0.1, -0.05) is 0 Å². The van der Waals surface area contributed by atoms with Crippen molar-refractivity contribution in [1.82, 2.24) is 16.0 Å². The van der Waals surface area contributed by atoms with E-state index in [1.807, 2.05) is 0 Å². The summed E-state index contributed by atoms with van der Waals surface area (Å²) in [5.74, 6) is -3.58. The molecule has 118 valence electrons. The number of carboxylic acids is 1. The standard InChI is InChI=1S/C12H19N3O6/c1-6(4-10(19)20)14-9(18)5-13-12(21)11(7(2)16)15-8(3)17/h6,11H,4-5H2,1-3H3,(H,13,21)(H,14,18)(H,15,17)(H,19,20). The molecule has 0 aromatic rings. The molecule has 21 heavy (non-hydrogen) atoms. The number of nitrogens with one attached hydrogen (secondary N) is 3. The largest absolute Gasteiger partial charge is 0.481 e. The van der Waals surface area contributed by atoms with E-state index >= 15 is 0 Å². The fourth-order valence-electron chi connectivity index (χ4n) is 1.46. The summed E-state index contributed by atoms with van der Waals surface area (Å²) in [6.07, 6.45) is -0.248. The second kappa shape index (κ2) is 8.67. The van der Waals surface area contributed by atoms with Crippen LogP contribution in [0.3, 0.4) is 0 Å². The van der Waals surface area contributed by atoms with Crippen molar-refractivity contribution in [3.8, 4) is 0 Å². The molecule has 0 spiro atoms. The molecule has 0 saturated carbocycles. The summed E-state index contributed by atoms with van der Waals surface area (Å²) < 4.78 is 0. The lowest BCUT2D eigenvalue weighted by Crippen LogP contribution is -2.52. The zero-order valence-corrected chi connectivity index (χ0v) is 12.1. The molecule has 0 aliphatic rings. The maximum absolute atomic E-state index is 11.7. The van der Waals surface area contributed by atoms with Crippen LogP contribution < -0.4 is 16.0 Å². The molecule has 4 N–H and O–H groups in total. The number of carbonyl (C=O) groups excluding carboxylic acids is 4. The third kappa shape index (κ3) is 8.35. The summed E-state index contributed by atoms with van der Waals surface area (Å²) in [5.41, 5.74) is 0. The van der Waals surface area contributed by atoms with Gasteiger partial charge in [0, 0.05) is 13.0 Å². The van der Waals surface area contributed by atoms with E-state index in [1.165, 1.54) is 6.92 Å². The molecule has 0 aromatic heterocycles. The molecule has 0 radical (unpaired) electrons. The first-order valence-electron chi connectivity index (χ1n) is 6.20. The number of amides is 3. The van der Waals surface area contributed by atoms with Crippen molar-refractivity contribution in [1.29, 1.82) is 0 Å². The minimum absolute atomic E-state index is 0.248. The summed E-state index contributed by atoms with van der Waals surface area (Å²) in [7, 11) is 0. The number of ketones is 1. The highest BCUT2D eigenvalue weighted by Gasteiger charge is 2.24. The van der Waals surface area contributed by atoms with Crippen molar-refractivity contribution in [2.45, 2.75) is 39.3 Å². The predicted octanol–water partition coefficient (Wildman–Crippen LogP) is -1.82. The Morgan fingerprint density at radius 3 is 2.05 bits per heavy atom. The van der Waals surface area contributed by atoms with Gasteiger partial charge in [-0.15, -0.1) is 0 Å². The van der Waals surface area contributed by atoms with Gasteiger partial charge >= 0.3 is 5.97 Å². The maximum Gasteiger partial charge on any atom is 0.305 e.